The van der Waals surface area contributed by atoms with Crippen LogP contribution in [0.25, 0.3) is 0 Å². The van der Waals surface area contributed by atoms with Gasteiger partial charge in [-0.25, -0.2) is 0 Å². The summed E-state index contributed by atoms with van der Waals surface area (Å²) in [7, 11) is 1.57. The van der Waals surface area contributed by atoms with Crippen LogP contribution in [0.5, 0.6) is 0 Å². The Morgan fingerprint density at radius 1 is 0.364 bits per heavy atom. The van der Waals surface area contributed by atoms with Crippen LogP contribution in [0.4, 0.5) is 0 Å². The van der Waals surface area contributed by atoms with Crippen molar-refractivity contribution in [3.63, 3.8) is 0 Å². The van der Waals surface area contributed by atoms with Gasteiger partial charge in [0.1, 0.15) is 48.8 Å². The van der Waals surface area contributed by atoms with E-state index in [2.05, 4.69) is 0 Å². The first-order chi connectivity index (χ1) is 32.6. The molecule has 11 nitrogen and oxygen atoms in total. The van der Waals surface area contributed by atoms with E-state index < -0.39 is 61.4 Å². The van der Waals surface area contributed by atoms with Gasteiger partial charge in [-0.1, -0.05) is 182 Å². The third kappa shape index (κ3) is 13.5. The molecular weight excluding hydrogens is 837 g/mol. The van der Waals surface area contributed by atoms with E-state index in [9.17, 15) is 5.11 Å². The second-order valence-electron chi connectivity index (χ2n) is 16.5. The summed E-state index contributed by atoms with van der Waals surface area (Å²) in [5, 5.41) is 12.6. The molecular formula is C55H60O11. The molecule has 0 radical (unpaired) electrons. The largest absolute Gasteiger partial charge is 0.385 e. The lowest BCUT2D eigenvalue weighted by Gasteiger charge is -2.49. The summed E-state index contributed by atoms with van der Waals surface area (Å²) in [6.45, 7) is 1.84. The second kappa shape index (κ2) is 25.1. The number of hydrogen-bond acceptors (Lipinski definition) is 11. The Labute approximate surface area is 388 Å². The van der Waals surface area contributed by atoms with Gasteiger partial charge in [-0.2, -0.15) is 0 Å². The molecule has 6 aromatic carbocycles. The molecule has 0 aliphatic carbocycles. The van der Waals surface area contributed by atoms with Crippen molar-refractivity contribution in [1.29, 1.82) is 0 Å². The van der Waals surface area contributed by atoms with Crippen molar-refractivity contribution in [2.75, 3.05) is 20.3 Å². The summed E-state index contributed by atoms with van der Waals surface area (Å²) in [4.78, 5) is 0. The van der Waals surface area contributed by atoms with E-state index in [4.69, 9.17) is 47.4 Å². The molecule has 0 bridgehead atoms. The lowest BCUT2D eigenvalue weighted by Crippen LogP contribution is -2.66. The summed E-state index contributed by atoms with van der Waals surface area (Å²) in [6, 6.07) is 59.4. The van der Waals surface area contributed by atoms with Crippen molar-refractivity contribution in [2.45, 2.75) is 101 Å². The second-order valence-corrected chi connectivity index (χ2v) is 16.5. The first kappa shape index (κ1) is 47.4. The molecule has 0 saturated carbocycles. The molecule has 10 atom stereocenters. The monoisotopic (exact) mass is 896 g/mol. The molecule has 11 heteroatoms. The zero-order valence-corrected chi connectivity index (χ0v) is 37.3. The quantitative estimate of drug-likeness (QED) is 0.0668. The van der Waals surface area contributed by atoms with Gasteiger partial charge in [-0.05, 0) is 33.4 Å². The molecule has 2 aliphatic rings. The molecule has 0 spiro atoms. The highest BCUT2D eigenvalue weighted by Crippen LogP contribution is 2.35. The van der Waals surface area contributed by atoms with E-state index in [0.29, 0.717) is 13.2 Å². The van der Waals surface area contributed by atoms with Gasteiger partial charge in [-0.3, -0.25) is 0 Å². The van der Waals surface area contributed by atoms with Gasteiger partial charge in [0.05, 0.1) is 52.9 Å². The van der Waals surface area contributed by atoms with Crippen molar-refractivity contribution in [3.05, 3.63) is 215 Å². The first-order valence-electron chi connectivity index (χ1n) is 22.6. The predicted molar refractivity (Wildman–Crippen MR) is 247 cm³/mol. The highest BCUT2D eigenvalue weighted by atomic mass is 16.8. The summed E-state index contributed by atoms with van der Waals surface area (Å²) in [5.41, 5.74) is 5.81. The van der Waals surface area contributed by atoms with Crippen LogP contribution in [0.2, 0.25) is 0 Å². The van der Waals surface area contributed by atoms with Crippen molar-refractivity contribution >= 4 is 0 Å². The minimum Gasteiger partial charge on any atom is -0.385 e. The Morgan fingerprint density at radius 2 is 0.667 bits per heavy atom. The average molecular weight is 897 g/mol. The number of benzene rings is 6. The molecule has 2 fully saturated rings. The molecule has 2 heterocycles. The molecule has 6 aromatic rings. The number of aliphatic hydroxyl groups excluding tert-OH is 1. The molecule has 0 amide bonds. The van der Waals surface area contributed by atoms with Crippen molar-refractivity contribution < 1.29 is 52.5 Å². The molecule has 8 rings (SSSR count). The number of rotatable bonds is 23. The maximum atomic E-state index is 12.6. The Balaban J connectivity index is 1.13. The highest BCUT2D eigenvalue weighted by molar-refractivity contribution is 5.18. The Bertz CT molecular complexity index is 2220. The summed E-state index contributed by atoms with van der Waals surface area (Å²) in [5.74, 6) is 0. The molecule has 0 unspecified atom stereocenters. The SMILES string of the molecule is CO[C@H]1O[C@H](COCc2ccccc2)[C@@H](OCc2ccccc2)[C@H](O[C@@H]2O[C@H](COCc3ccccc3)[C@H](OCc3ccccc3)[C@H](OCc3ccccc3)[C@H]2O)[C@H]1OCc1ccccc1. The van der Waals surface area contributed by atoms with Gasteiger partial charge >= 0.3 is 0 Å². The molecule has 2 aliphatic heterocycles. The normalized spacial score (nSPS) is 25.4. The molecule has 0 aromatic heterocycles. The van der Waals surface area contributed by atoms with Crippen molar-refractivity contribution in [3.8, 4) is 0 Å². The Hall–Kier alpha value is -5.12. The molecule has 346 valence electrons. The topological polar surface area (TPSA) is 113 Å². The van der Waals surface area contributed by atoms with E-state index >= 15 is 0 Å². The van der Waals surface area contributed by atoms with Crippen LogP contribution in [0.15, 0.2) is 182 Å². The van der Waals surface area contributed by atoms with Gasteiger partial charge in [0, 0.05) is 7.11 Å². The van der Waals surface area contributed by atoms with E-state index in [1.54, 1.807) is 7.11 Å². The minimum atomic E-state index is -1.35. The zero-order chi connectivity index (χ0) is 45.2. The van der Waals surface area contributed by atoms with Crippen molar-refractivity contribution in [2.24, 2.45) is 0 Å². The zero-order valence-electron chi connectivity index (χ0n) is 37.3. The fourth-order valence-electron chi connectivity index (χ4n) is 8.22. The van der Waals surface area contributed by atoms with Crippen LogP contribution in [-0.4, -0.2) is 86.8 Å². The number of hydrogen-bond donors (Lipinski definition) is 1. The highest BCUT2D eigenvalue weighted by Gasteiger charge is 2.54. The average Bonchev–Trinajstić information content (AvgIpc) is 3.37. The lowest BCUT2D eigenvalue weighted by atomic mass is 9.96. The lowest BCUT2D eigenvalue weighted by molar-refractivity contribution is -0.373. The Morgan fingerprint density at radius 3 is 1.03 bits per heavy atom. The smallest absolute Gasteiger partial charge is 0.187 e. The molecule has 66 heavy (non-hydrogen) atoms. The van der Waals surface area contributed by atoms with Crippen LogP contribution >= 0.6 is 0 Å². The third-order valence-electron chi connectivity index (χ3n) is 11.7. The van der Waals surface area contributed by atoms with Gasteiger partial charge in [0.2, 0.25) is 0 Å². The Kier molecular flexibility index (Phi) is 18.0. The van der Waals surface area contributed by atoms with E-state index in [1.807, 2.05) is 182 Å². The van der Waals surface area contributed by atoms with E-state index in [1.165, 1.54) is 0 Å². The van der Waals surface area contributed by atoms with E-state index in [0.717, 1.165) is 33.4 Å². The number of aliphatic hydroxyl groups is 1. The maximum Gasteiger partial charge on any atom is 0.187 e. The van der Waals surface area contributed by atoms with Crippen LogP contribution in [-0.2, 0) is 87.0 Å². The van der Waals surface area contributed by atoms with Crippen LogP contribution in [0.1, 0.15) is 33.4 Å². The fourth-order valence-corrected chi connectivity index (χ4v) is 8.22. The molecule has 2 saturated heterocycles. The summed E-state index contributed by atoms with van der Waals surface area (Å²) < 4.78 is 66.4. The van der Waals surface area contributed by atoms with E-state index in [-0.39, 0.29) is 39.6 Å². The number of methoxy groups -OCH3 is 1. The molecule has 1 N–H and O–H groups in total. The van der Waals surface area contributed by atoms with Gasteiger partial charge in [0.25, 0.3) is 0 Å². The van der Waals surface area contributed by atoms with Crippen LogP contribution in [0.3, 0.4) is 0 Å². The third-order valence-corrected chi connectivity index (χ3v) is 11.7. The number of ether oxygens (including phenoxy) is 10. The minimum absolute atomic E-state index is 0.110. The predicted octanol–water partition coefficient (Wildman–Crippen LogP) is 8.60. The van der Waals surface area contributed by atoms with Gasteiger partial charge < -0.3 is 52.5 Å². The standard InChI is InChI=1S/C55H60O11/c1-57-55-53(63-37-45-30-18-7-19-31-45)52(50(61-35-43-26-14-5-15-27-43)47(65-55)39-59-33-41-22-10-3-11-23-41)66-54-48(56)51(62-36-44-28-16-6-17-29-44)49(60-34-42-24-12-4-13-25-42)46(64-54)38-58-32-40-20-8-2-9-21-40/h2-31,46-56H,32-39H2,1H3/t46-,47-,48-,49+,50-,51-,52+,53-,54+,55+/m1/s1. The summed E-state index contributed by atoms with van der Waals surface area (Å²) >= 11 is 0. The fraction of sp³-hybridized carbons (Fsp3) is 0.345. The summed E-state index contributed by atoms with van der Waals surface area (Å²) in [6.07, 6.45) is -9.26. The van der Waals surface area contributed by atoms with Gasteiger partial charge in [0.15, 0.2) is 12.6 Å². The van der Waals surface area contributed by atoms with Crippen LogP contribution < -0.4 is 0 Å². The van der Waals surface area contributed by atoms with Crippen molar-refractivity contribution in [1.82, 2.24) is 0 Å². The maximum absolute atomic E-state index is 12.6. The first-order valence-corrected chi connectivity index (χ1v) is 22.6. The van der Waals surface area contributed by atoms with Crippen LogP contribution in [0, 0.1) is 0 Å². The van der Waals surface area contributed by atoms with Gasteiger partial charge in [-0.15, -0.1) is 0 Å².